The van der Waals surface area contributed by atoms with Crippen LogP contribution in [0.1, 0.15) is 39.2 Å². The molecule has 0 radical (unpaired) electrons. The zero-order chi connectivity index (χ0) is 19.4. The number of benzene rings is 1. The van der Waals surface area contributed by atoms with E-state index in [-0.39, 0.29) is 12.1 Å². The first-order chi connectivity index (χ1) is 12.8. The summed E-state index contributed by atoms with van der Waals surface area (Å²) in [5, 5.41) is 3.01. The number of piperidine rings is 1. The molecule has 2 heterocycles. The fraction of sp³-hybridized carbons (Fsp3) is 0.455. The molecule has 0 saturated carbocycles. The van der Waals surface area contributed by atoms with Crippen LogP contribution in [0.4, 0.5) is 10.5 Å². The van der Waals surface area contributed by atoms with E-state index in [0.29, 0.717) is 0 Å². The molecule has 1 aliphatic heterocycles. The van der Waals surface area contributed by atoms with Crippen molar-refractivity contribution in [3.63, 3.8) is 0 Å². The fourth-order valence-corrected chi connectivity index (χ4v) is 3.53. The number of rotatable bonds is 3. The standard InChI is InChI=1S/C22H29N3O2/c1-16-14-23-15-19(17-8-6-5-7-9-17)20(16)25-12-10-18(11-13-25)24-21(26)27-22(2,3)4/h5-9,14-15,18H,10-13H2,1-4H3,(H,24,26). The molecule has 0 spiro atoms. The highest BCUT2D eigenvalue weighted by atomic mass is 16.6. The molecule has 1 N–H and O–H groups in total. The summed E-state index contributed by atoms with van der Waals surface area (Å²) in [6.45, 7) is 9.54. The predicted molar refractivity (Wildman–Crippen MR) is 109 cm³/mol. The van der Waals surface area contributed by atoms with Gasteiger partial charge >= 0.3 is 6.09 Å². The zero-order valence-corrected chi connectivity index (χ0v) is 16.7. The Labute approximate surface area is 161 Å². The average molecular weight is 367 g/mol. The lowest BCUT2D eigenvalue weighted by molar-refractivity contribution is 0.0497. The summed E-state index contributed by atoms with van der Waals surface area (Å²) < 4.78 is 5.38. The van der Waals surface area contributed by atoms with E-state index in [9.17, 15) is 4.79 Å². The Morgan fingerprint density at radius 3 is 2.44 bits per heavy atom. The van der Waals surface area contributed by atoms with Gasteiger partial charge in [-0.15, -0.1) is 0 Å². The van der Waals surface area contributed by atoms with Gasteiger partial charge in [-0.1, -0.05) is 30.3 Å². The maximum Gasteiger partial charge on any atom is 0.407 e. The minimum Gasteiger partial charge on any atom is -0.444 e. The minimum atomic E-state index is -0.469. The van der Waals surface area contributed by atoms with Gasteiger partial charge in [0.05, 0.1) is 5.69 Å². The quantitative estimate of drug-likeness (QED) is 0.865. The number of carbonyl (C=O) groups excluding carboxylic acids is 1. The Hall–Kier alpha value is -2.56. The van der Waals surface area contributed by atoms with E-state index in [1.54, 1.807) is 0 Å². The van der Waals surface area contributed by atoms with Crippen molar-refractivity contribution in [3.05, 3.63) is 48.3 Å². The molecule has 27 heavy (non-hydrogen) atoms. The molecule has 3 rings (SSSR count). The summed E-state index contributed by atoms with van der Waals surface area (Å²) in [7, 11) is 0. The molecule has 5 nitrogen and oxygen atoms in total. The van der Waals surface area contributed by atoms with Crippen molar-refractivity contribution in [2.75, 3.05) is 18.0 Å². The molecule has 0 unspecified atom stereocenters. The first-order valence-corrected chi connectivity index (χ1v) is 9.58. The number of nitrogens with zero attached hydrogens (tertiary/aromatic N) is 2. The van der Waals surface area contributed by atoms with Gasteiger partial charge in [0.15, 0.2) is 0 Å². The van der Waals surface area contributed by atoms with Gasteiger partial charge < -0.3 is 15.0 Å². The van der Waals surface area contributed by atoms with Crippen LogP contribution in [0.25, 0.3) is 11.1 Å². The molecule has 1 fully saturated rings. The van der Waals surface area contributed by atoms with Gasteiger partial charge in [-0.2, -0.15) is 0 Å². The highest BCUT2D eigenvalue weighted by Crippen LogP contribution is 2.34. The van der Waals surface area contributed by atoms with E-state index in [4.69, 9.17) is 4.74 Å². The first kappa shape index (κ1) is 19.2. The number of hydrogen-bond acceptors (Lipinski definition) is 4. The zero-order valence-electron chi connectivity index (χ0n) is 16.7. The van der Waals surface area contributed by atoms with Crippen LogP contribution in [0.5, 0.6) is 0 Å². The number of aromatic nitrogens is 1. The Balaban J connectivity index is 1.69. The van der Waals surface area contributed by atoms with Crippen LogP contribution in [0.15, 0.2) is 42.7 Å². The molecule has 0 aliphatic carbocycles. The SMILES string of the molecule is Cc1cncc(-c2ccccc2)c1N1CCC(NC(=O)OC(C)(C)C)CC1. The molecule has 0 atom stereocenters. The van der Waals surface area contributed by atoms with Gasteiger partial charge in [0.1, 0.15) is 5.60 Å². The smallest absolute Gasteiger partial charge is 0.407 e. The lowest BCUT2D eigenvalue weighted by atomic mass is 9.99. The van der Waals surface area contributed by atoms with E-state index < -0.39 is 5.60 Å². The van der Waals surface area contributed by atoms with Gasteiger partial charge in [0, 0.05) is 37.1 Å². The van der Waals surface area contributed by atoms with Crippen LogP contribution >= 0.6 is 0 Å². The highest BCUT2D eigenvalue weighted by Gasteiger charge is 2.25. The molecule has 5 heteroatoms. The number of amides is 1. The Bertz CT molecular complexity index is 776. The Morgan fingerprint density at radius 2 is 1.81 bits per heavy atom. The lowest BCUT2D eigenvalue weighted by Crippen LogP contribution is -2.46. The molecule has 144 valence electrons. The number of pyridine rings is 1. The van der Waals surface area contributed by atoms with Crippen LogP contribution in [-0.4, -0.2) is 35.8 Å². The minimum absolute atomic E-state index is 0.151. The Kier molecular flexibility index (Phi) is 5.68. The normalized spacial score (nSPS) is 15.5. The summed E-state index contributed by atoms with van der Waals surface area (Å²) in [5.41, 5.74) is 4.29. The second kappa shape index (κ2) is 7.99. The molecular formula is C22H29N3O2. The number of hydrogen-bond donors (Lipinski definition) is 1. The summed E-state index contributed by atoms with van der Waals surface area (Å²) in [6.07, 6.45) is 5.34. The highest BCUT2D eigenvalue weighted by molar-refractivity contribution is 5.80. The number of nitrogens with one attached hydrogen (secondary N) is 1. The Morgan fingerprint density at radius 1 is 1.15 bits per heavy atom. The third-order valence-electron chi connectivity index (χ3n) is 4.72. The van der Waals surface area contributed by atoms with Gasteiger partial charge in [-0.25, -0.2) is 4.79 Å². The molecule has 1 amide bonds. The second-order valence-corrected chi connectivity index (χ2v) is 8.13. The molecule has 2 aromatic rings. The summed E-state index contributed by atoms with van der Waals surface area (Å²) in [4.78, 5) is 18.8. The van der Waals surface area contributed by atoms with Gasteiger partial charge in [-0.3, -0.25) is 4.98 Å². The van der Waals surface area contributed by atoms with E-state index in [2.05, 4.69) is 46.4 Å². The van der Waals surface area contributed by atoms with Crippen LogP contribution in [0, 0.1) is 6.92 Å². The van der Waals surface area contributed by atoms with Crippen LogP contribution in [-0.2, 0) is 4.74 Å². The third-order valence-corrected chi connectivity index (χ3v) is 4.72. The lowest BCUT2D eigenvalue weighted by Gasteiger charge is -2.36. The van der Waals surface area contributed by atoms with Crippen molar-refractivity contribution in [2.24, 2.45) is 0 Å². The summed E-state index contributed by atoms with van der Waals surface area (Å²) in [5.74, 6) is 0. The molecule has 1 aromatic heterocycles. The largest absolute Gasteiger partial charge is 0.444 e. The molecule has 0 bridgehead atoms. The molecule has 1 saturated heterocycles. The molecule has 1 aliphatic rings. The van der Waals surface area contributed by atoms with Crippen LogP contribution < -0.4 is 10.2 Å². The van der Waals surface area contributed by atoms with Crippen molar-refractivity contribution in [1.29, 1.82) is 0 Å². The fourth-order valence-electron chi connectivity index (χ4n) is 3.53. The number of anilines is 1. The molecule has 1 aromatic carbocycles. The van der Waals surface area contributed by atoms with Gasteiger partial charge in [0.25, 0.3) is 0 Å². The van der Waals surface area contributed by atoms with Crippen molar-refractivity contribution >= 4 is 11.8 Å². The third kappa shape index (κ3) is 5.00. The van der Waals surface area contributed by atoms with Gasteiger partial charge in [-0.05, 0) is 51.7 Å². The predicted octanol–water partition coefficient (Wildman–Crippen LogP) is 4.55. The first-order valence-electron chi connectivity index (χ1n) is 9.58. The number of alkyl carbamates (subject to hydrolysis) is 1. The maximum absolute atomic E-state index is 12.0. The topological polar surface area (TPSA) is 54.5 Å². The van der Waals surface area contributed by atoms with E-state index in [0.717, 1.165) is 31.5 Å². The van der Waals surface area contributed by atoms with Crippen LogP contribution in [0.2, 0.25) is 0 Å². The molecular weight excluding hydrogens is 338 g/mol. The second-order valence-electron chi connectivity index (χ2n) is 8.13. The monoisotopic (exact) mass is 367 g/mol. The van der Waals surface area contributed by atoms with Crippen molar-refractivity contribution in [3.8, 4) is 11.1 Å². The number of ether oxygens (including phenoxy) is 1. The van der Waals surface area contributed by atoms with E-state index in [1.807, 2.05) is 39.2 Å². The summed E-state index contributed by atoms with van der Waals surface area (Å²) >= 11 is 0. The van der Waals surface area contributed by atoms with Crippen molar-refractivity contribution < 1.29 is 9.53 Å². The van der Waals surface area contributed by atoms with Crippen molar-refractivity contribution in [1.82, 2.24) is 10.3 Å². The van der Waals surface area contributed by atoms with E-state index >= 15 is 0 Å². The van der Waals surface area contributed by atoms with Crippen LogP contribution in [0.3, 0.4) is 0 Å². The number of carbonyl (C=O) groups is 1. The van der Waals surface area contributed by atoms with Gasteiger partial charge in [0.2, 0.25) is 0 Å². The van der Waals surface area contributed by atoms with E-state index in [1.165, 1.54) is 16.8 Å². The van der Waals surface area contributed by atoms with Crippen molar-refractivity contribution in [2.45, 2.75) is 52.2 Å². The maximum atomic E-state index is 12.0. The average Bonchev–Trinajstić information content (AvgIpc) is 2.61. The number of aryl methyl sites for hydroxylation is 1. The summed E-state index contributed by atoms with van der Waals surface area (Å²) in [6, 6.07) is 10.5.